The fraction of sp³-hybridized carbons (Fsp3) is 0.250. The largest absolute Gasteiger partial charge is 0.497 e. The summed E-state index contributed by atoms with van der Waals surface area (Å²) < 4.78 is 10.2. The molecule has 17 heavy (non-hydrogen) atoms. The van der Waals surface area contributed by atoms with Crippen LogP contribution in [-0.4, -0.2) is 26.8 Å². The predicted molar refractivity (Wildman–Crippen MR) is 65.4 cm³/mol. The summed E-state index contributed by atoms with van der Waals surface area (Å²) in [6.07, 6.45) is 5.03. The number of hydrogen-bond donors (Lipinski definition) is 2. The smallest absolute Gasteiger partial charge is 0.320 e. The number of terminal acetylenes is 1. The van der Waals surface area contributed by atoms with Gasteiger partial charge in [-0.05, 0) is 12.1 Å². The van der Waals surface area contributed by atoms with Gasteiger partial charge in [-0.3, -0.25) is 0 Å². The molecule has 2 N–H and O–H groups in total. The number of nitrogens with one attached hydrogen (secondary N) is 2. The average molecular weight is 234 g/mol. The van der Waals surface area contributed by atoms with E-state index < -0.39 is 0 Å². The lowest BCUT2D eigenvalue weighted by Crippen LogP contribution is -2.28. The van der Waals surface area contributed by atoms with Crippen molar-refractivity contribution in [3.63, 3.8) is 0 Å². The van der Waals surface area contributed by atoms with E-state index in [4.69, 9.17) is 15.9 Å². The van der Waals surface area contributed by atoms with Crippen molar-refractivity contribution >= 4 is 11.7 Å². The highest BCUT2D eigenvalue weighted by molar-refractivity contribution is 5.91. The number of methoxy groups -OCH3 is 2. The summed E-state index contributed by atoms with van der Waals surface area (Å²) in [5, 5.41) is 5.11. The van der Waals surface area contributed by atoms with E-state index in [1.165, 1.54) is 7.11 Å². The third-order valence-corrected chi connectivity index (χ3v) is 2.01. The molecule has 1 aromatic carbocycles. The molecule has 0 radical (unpaired) electrons. The summed E-state index contributed by atoms with van der Waals surface area (Å²) in [4.78, 5) is 11.4. The maximum Gasteiger partial charge on any atom is 0.320 e. The van der Waals surface area contributed by atoms with E-state index in [0.717, 1.165) is 0 Å². The minimum Gasteiger partial charge on any atom is -0.497 e. The van der Waals surface area contributed by atoms with Crippen LogP contribution in [0.4, 0.5) is 10.5 Å². The first-order chi connectivity index (χ1) is 8.21. The fourth-order valence-electron chi connectivity index (χ4n) is 1.20. The molecule has 1 aromatic rings. The first-order valence-electron chi connectivity index (χ1n) is 4.91. The van der Waals surface area contributed by atoms with Crippen LogP contribution >= 0.6 is 0 Å². The van der Waals surface area contributed by atoms with Crippen LogP contribution < -0.4 is 20.1 Å². The van der Waals surface area contributed by atoms with Crippen molar-refractivity contribution in [2.45, 2.75) is 0 Å². The summed E-state index contributed by atoms with van der Waals surface area (Å²) >= 11 is 0. The molecule has 90 valence electrons. The number of anilines is 1. The molecule has 0 fully saturated rings. The molecule has 2 amide bonds. The van der Waals surface area contributed by atoms with E-state index in [1.54, 1.807) is 25.3 Å². The highest BCUT2D eigenvalue weighted by Crippen LogP contribution is 2.28. The van der Waals surface area contributed by atoms with Gasteiger partial charge in [-0.1, -0.05) is 5.92 Å². The Morgan fingerprint density at radius 1 is 1.41 bits per heavy atom. The second-order valence-electron chi connectivity index (χ2n) is 3.08. The Morgan fingerprint density at radius 2 is 2.18 bits per heavy atom. The van der Waals surface area contributed by atoms with Gasteiger partial charge in [-0.15, -0.1) is 6.42 Å². The van der Waals surface area contributed by atoms with Gasteiger partial charge in [0.1, 0.15) is 11.5 Å². The van der Waals surface area contributed by atoms with Crippen LogP contribution in [0.3, 0.4) is 0 Å². The van der Waals surface area contributed by atoms with Crippen molar-refractivity contribution in [1.82, 2.24) is 5.32 Å². The molecule has 0 saturated carbocycles. The summed E-state index contributed by atoms with van der Waals surface area (Å²) in [6.45, 7) is 0.171. The molecule has 0 aromatic heterocycles. The molecular formula is C12H14N2O3. The quantitative estimate of drug-likeness (QED) is 0.775. The van der Waals surface area contributed by atoms with Crippen LogP contribution in [0.1, 0.15) is 0 Å². The van der Waals surface area contributed by atoms with Gasteiger partial charge in [0.25, 0.3) is 0 Å². The first-order valence-corrected chi connectivity index (χ1v) is 4.91. The summed E-state index contributed by atoms with van der Waals surface area (Å²) in [6, 6.07) is 4.70. The summed E-state index contributed by atoms with van der Waals surface area (Å²) in [7, 11) is 3.07. The van der Waals surface area contributed by atoms with E-state index >= 15 is 0 Å². The number of rotatable bonds is 4. The lowest BCUT2D eigenvalue weighted by molar-refractivity contribution is 0.253. The Hall–Kier alpha value is -2.35. The normalized spacial score (nSPS) is 9.00. The highest BCUT2D eigenvalue weighted by Gasteiger charge is 2.07. The van der Waals surface area contributed by atoms with Crippen LogP contribution in [0.25, 0.3) is 0 Å². The Labute approximate surface area is 100 Å². The number of ether oxygens (including phenoxy) is 2. The Kier molecular flexibility index (Phi) is 4.70. The number of hydrogen-bond acceptors (Lipinski definition) is 3. The predicted octanol–water partition coefficient (Wildman–Crippen LogP) is 1.46. The number of urea groups is 1. The third kappa shape index (κ3) is 3.61. The molecule has 0 saturated heterocycles. The molecule has 1 rings (SSSR count). The SMILES string of the molecule is C#CCNC(=O)Nc1ccc(OC)cc1OC. The Balaban J connectivity index is 2.77. The van der Waals surface area contributed by atoms with Crippen molar-refractivity contribution in [3.8, 4) is 23.8 Å². The number of carbonyl (C=O) groups excluding carboxylic acids is 1. The van der Waals surface area contributed by atoms with Gasteiger partial charge >= 0.3 is 6.03 Å². The van der Waals surface area contributed by atoms with Gasteiger partial charge in [-0.25, -0.2) is 4.79 Å². The number of amides is 2. The van der Waals surface area contributed by atoms with Crippen molar-refractivity contribution in [3.05, 3.63) is 18.2 Å². The van der Waals surface area contributed by atoms with Gasteiger partial charge < -0.3 is 20.1 Å². The lowest BCUT2D eigenvalue weighted by atomic mass is 10.2. The van der Waals surface area contributed by atoms with Crippen molar-refractivity contribution in [2.75, 3.05) is 26.1 Å². The molecule has 0 spiro atoms. The van der Waals surface area contributed by atoms with Crippen molar-refractivity contribution < 1.29 is 14.3 Å². The zero-order valence-corrected chi connectivity index (χ0v) is 9.74. The van der Waals surface area contributed by atoms with E-state index in [2.05, 4.69) is 16.6 Å². The summed E-state index contributed by atoms with van der Waals surface area (Å²) in [5.74, 6) is 3.47. The number of benzene rings is 1. The number of carbonyl (C=O) groups is 1. The molecule has 0 aliphatic rings. The van der Waals surface area contributed by atoms with Crippen LogP contribution in [0.15, 0.2) is 18.2 Å². The van der Waals surface area contributed by atoms with Gasteiger partial charge in [0.15, 0.2) is 0 Å². The van der Waals surface area contributed by atoms with Crippen molar-refractivity contribution in [1.29, 1.82) is 0 Å². The van der Waals surface area contributed by atoms with Gasteiger partial charge in [0.2, 0.25) is 0 Å². The molecule has 0 heterocycles. The average Bonchev–Trinajstić information content (AvgIpc) is 2.36. The Morgan fingerprint density at radius 3 is 2.76 bits per heavy atom. The molecule has 0 atom stereocenters. The minimum absolute atomic E-state index is 0.171. The topological polar surface area (TPSA) is 59.6 Å². The lowest BCUT2D eigenvalue weighted by Gasteiger charge is -2.11. The standard InChI is InChI=1S/C12H14N2O3/c1-4-7-13-12(15)14-10-6-5-9(16-2)8-11(10)17-3/h1,5-6,8H,7H2,2-3H3,(H2,13,14,15). The molecule has 5 nitrogen and oxygen atoms in total. The zero-order chi connectivity index (χ0) is 12.7. The van der Waals surface area contributed by atoms with Gasteiger partial charge in [0, 0.05) is 6.07 Å². The highest BCUT2D eigenvalue weighted by atomic mass is 16.5. The maximum atomic E-state index is 11.4. The van der Waals surface area contributed by atoms with Crippen LogP contribution in [0.2, 0.25) is 0 Å². The van der Waals surface area contributed by atoms with Gasteiger partial charge in [0.05, 0.1) is 26.5 Å². The summed E-state index contributed by atoms with van der Waals surface area (Å²) in [5.41, 5.74) is 0.544. The van der Waals surface area contributed by atoms with Gasteiger partial charge in [-0.2, -0.15) is 0 Å². The molecule has 0 aliphatic heterocycles. The van der Waals surface area contributed by atoms with E-state index in [0.29, 0.717) is 17.2 Å². The van der Waals surface area contributed by atoms with E-state index in [9.17, 15) is 4.79 Å². The second kappa shape index (κ2) is 6.28. The van der Waals surface area contributed by atoms with E-state index in [-0.39, 0.29) is 12.6 Å². The molecular weight excluding hydrogens is 220 g/mol. The third-order valence-electron chi connectivity index (χ3n) is 2.01. The minimum atomic E-state index is -0.383. The van der Waals surface area contributed by atoms with Crippen LogP contribution in [0.5, 0.6) is 11.5 Å². The van der Waals surface area contributed by atoms with E-state index in [1.807, 2.05) is 0 Å². The molecule has 0 unspecified atom stereocenters. The van der Waals surface area contributed by atoms with Crippen LogP contribution in [0, 0.1) is 12.3 Å². The Bertz CT molecular complexity index is 438. The molecule has 0 aliphatic carbocycles. The van der Waals surface area contributed by atoms with Crippen LogP contribution in [-0.2, 0) is 0 Å². The van der Waals surface area contributed by atoms with Crippen molar-refractivity contribution in [2.24, 2.45) is 0 Å². The second-order valence-corrected chi connectivity index (χ2v) is 3.08. The monoisotopic (exact) mass is 234 g/mol. The zero-order valence-electron chi connectivity index (χ0n) is 9.74. The maximum absolute atomic E-state index is 11.4. The fourth-order valence-corrected chi connectivity index (χ4v) is 1.20. The molecule has 0 bridgehead atoms. The first kappa shape index (κ1) is 12.7. The molecule has 5 heteroatoms.